The lowest BCUT2D eigenvalue weighted by atomic mass is 10.1. The van der Waals surface area contributed by atoms with Crippen molar-refractivity contribution in [1.82, 2.24) is 3.97 Å². The fraction of sp³-hybridized carbons (Fsp3) is 0.200. The van der Waals surface area contributed by atoms with Gasteiger partial charge in [-0.2, -0.15) is 0 Å². The summed E-state index contributed by atoms with van der Waals surface area (Å²) in [6.07, 6.45) is -0.468. The third-order valence-electron chi connectivity index (χ3n) is 4.41. The molecule has 0 aliphatic heterocycles. The SMILES string of the molecule is COC(=O)Cc1c(CC(=O)OC)n(S(=O)(=O)c2ccccc2)c2ccccc12. The van der Waals surface area contributed by atoms with Crippen LogP contribution in [0, 0.1) is 0 Å². The Morgan fingerprint density at radius 3 is 2.07 bits per heavy atom. The topological polar surface area (TPSA) is 91.7 Å². The Labute approximate surface area is 162 Å². The molecule has 3 aromatic rings. The maximum Gasteiger partial charge on any atom is 0.311 e. The number of nitrogens with zero attached hydrogens (tertiary/aromatic N) is 1. The molecule has 146 valence electrons. The van der Waals surface area contributed by atoms with Gasteiger partial charge in [0.1, 0.15) is 0 Å². The third-order valence-corrected chi connectivity index (χ3v) is 6.18. The van der Waals surface area contributed by atoms with Gasteiger partial charge in [0.05, 0.1) is 43.2 Å². The van der Waals surface area contributed by atoms with E-state index in [0.29, 0.717) is 16.5 Å². The number of hydrogen-bond acceptors (Lipinski definition) is 6. The molecule has 0 saturated heterocycles. The van der Waals surface area contributed by atoms with Crippen molar-refractivity contribution in [3.8, 4) is 0 Å². The number of hydrogen-bond donors (Lipinski definition) is 0. The number of rotatable bonds is 6. The molecule has 0 N–H and O–H groups in total. The van der Waals surface area contributed by atoms with Crippen molar-refractivity contribution < 1.29 is 27.5 Å². The number of para-hydroxylation sites is 1. The Balaban J connectivity index is 2.36. The van der Waals surface area contributed by atoms with Crippen LogP contribution < -0.4 is 0 Å². The van der Waals surface area contributed by atoms with Crippen molar-refractivity contribution in [1.29, 1.82) is 0 Å². The number of methoxy groups -OCH3 is 2. The second-order valence-electron chi connectivity index (χ2n) is 6.03. The summed E-state index contributed by atoms with van der Waals surface area (Å²) < 4.78 is 37.4. The maximum atomic E-state index is 13.4. The van der Waals surface area contributed by atoms with Gasteiger partial charge in [-0.3, -0.25) is 9.59 Å². The fourth-order valence-corrected chi connectivity index (χ4v) is 4.70. The predicted molar refractivity (Wildman–Crippen MR) is 102 cm³/mol. The summed E-state index contributed by atoms with van der Waals surface area (Å²) in [5.74, 6) is -1.15. The molecule has 0 bridgehead atoms. The van der Waals surface area contributed by atoms with Gasteiger partial charge in [0, 0.05) is 5.39 Å². The lowest BCUT2D eigenvalue weighted by Gasteiger charge is -2.12. The van der Waals surface area contributed by atoms with Crippen LogP contribution in [0.3, 0.4) is 0 Å². The van der Waals surface area contributed by atoms with Crippen LogP contribution in [0.2, 0.25) is 0 Å². The second-order valence-corrected chi connectivity index (χ2v) is 7.82. The van der Waals surface area contributed by atoms with E-state index in [2.05, 4.69) is 0 Å². The number of carbonyl (C=O) groups excluding carboxylic acids is 2. The highest BCUT2D eigenvalue weighted by molar-refractivity contribution is 7.90. The molecule has 7 nitrogen and oxygen atoms in total. The molecule has 3 rings (SSSR count). The van der Waals surface area contributed by atoms with Crippen LogP contribution in [0.5, 0.6) is 0 Å². The molecule has 0 fully saturated rings. The van der Waals surface area contributed by atoms with Gasteiger partial charge in [-0.05, 0) is 23.8 Å². The average Bonchev–Trinajstić information content (AvgIpc) is 3.02. The number of esters is 2. The number of fused-ring (bicyclic) bond motifs is 1. The molecule has 0 amide bonds. The summed E-state index contributed by atoms with van der Waals surface area (Å²) in [6.45, 7) is 0. The minimum atomic E-state index is -4.01. The minimum absolute atomic E-state index is 0.0755. The fourth-order valence-electron chi connectivity index (χ4n) is 3.10. The minimum Gasteiger partial charge on any atom is -0.469 e. The van der Waals surface area contributed by atoms with Gasteiger partial charge in [-0.1, -0.05) is 36.4 Å². The van der Waals surface area contributed by atoms with Crippen molar-refractivity contribution in [3.63, 3.8) is 0 Å². The standard InChI is InChI=1S/C20H19NO6S/c1-26-19(22)12-16-15-10-6-7-11-17(15)21(18(16)13-20(23)27-2)28(24,25)14-8-4-3-5-9-14/h3-11H,12-13H2,1-2H3. The number of carbonyl (C=O) groups is 2. The van der Waals surface area contributed by atoms with Gasteiger partial charge in [-0.15, -0.1) is 0 Å². The highest BCUT2D eigenvalue weighted by Crippen LogP contribution is 2.31. The summed E-state index contributed by atoms with van der Waals surface area (Å²) in [7, 11) is -1.54. The molecule has 0 unspecified atom stereocenters. The number of benzene rings is 2. The maximum absolute atomic E-state index is 13.4. The largest absolute Gasteiger partial charge is 0.469 e. The van der Waals surface area contributed by atoms with Crippen molar-refractivity contribution in [2.45, 2.75) is 17.7 Å². The zero-order valence-corrected chi connectivity index (χ0v) is 16.2. The molecule has 0 aliphatic carbocycles. The Morgan fingerprint density at radius 1 is 0.857 bits per heavy atom. The van der Waals surface area contributed by atoms with Crippen LogP contribution in [0.25, 0.3) is 10.9 Å². The Morgan fingerprint density at radius 2 is 1.43 bits per heavy atom. The third kappa shape index (κ3) is 3.50. The number of aromatic nitrogens is 1. The highest BCUT2D eigenvalue weighted by atomic mass is 32.2. The molecule has 0 atom stereocenters. The Hall–Kier alpha value is -3.13. The summed E-state index contributed by atoms with van der Waals surface area (Å²) in [4.78, 5) is 24.1. The van der Waals surface area contributed by atoms with Crippen LogP contribution >= 0.6 is 0 Å². The molecule has 0 saturated carbocycles. The Bertz CT molecular complexity index is 1130. The van der Waals surface area contributed by atoms with E-state index in [0.717, 1.165) is 3.97 Å². The van der Waals surface area contributed by atoms with E-state index < -0.39 is 22.0 Å². The normalized spacial score (nSPS) is 11.4. The molecule has 28 heavy (non-hydrogen) atoms. The van der Waals surface area contributed by atoms with Gasteiger partial charge >= 0.3 is 11.9 Å². The summed E-state index contributed by atoms with van der Waals surface area (Å²) in [6, 6.07) is 14.7. The smallest absolute Gasteiger partial charge is 0.311 e. The number of ether oxygens (including phenoxy) is 2. The molecule has 2 aromatic carbocycles. The van der Waals surface area contributed by atoms with Crippen molar-refractivity contribution in [2.75, 3.05) is 14.2 Å². The summed E-state index contributed by atoms with van der Waals surface area (Å²) in [5, 5.41) is 0.561. The first kappa shape index (κ1) is 19.6. The first-order chi connectivity index (χ1) is 13.4. The first-order valence-corrected chi connectivity index (χ1v) is 9.89. The van der Waals surface area contributed by atoms with E-state index in [1.165, 1.54) is 26.4 Å². The van der Waals surface area contributed by atoms with E-state index in [1.54, 1.807) is 42.5 Å². The van der Waals surface area contributed by atoms with Gasteiger partial charge in [0.25, 0.3) is 10.0 Å². The lowest BCUT2D eigenvalue weighted by Crippen LogP contribution is -2.20. The molecule has 0 aliphatic rings. The van der Waals surface area contributed by atoms with Crippen LogP contribution in [0.4, 0.5) is 0 Å². The van der Waals surface area contributed by atoms with Gasteiger partial charge in [0.2, 0.25) is 0 Å². The van der Waals surface area contributed by atoms with E-state index in [9.17, 15) is 18.0 Å². The molecule has 8 heteroatoms. The van der Waals surface area contributed by atoms with Crippen molar-refractivity contribution in [2.24, 2.45) is 0 Å². The monoisotopic (exact) mass is 401 g/mol. The Kier molecular flexibility index (Phi) is 5.51. The summed E-state index contributed by atoms with van der Waals surface area (Å²) >= 11 is 0. The van der Waals surface area contributed by atoms with E-state index >= 15 is 0 Å². The average molecular weight is 401 g/mol. The predicted octanol–water partition coefficient (Wildman–Crippen LogP) is 2.31. The van der Waals surface area contributed by atoms with E-state index in [1.807, 2.05) is 0 Å². The molecule has 1 heterocycles. The second kappa shape index (κ2) is 7.85. The van der Waals surface area contributed by atoms with Crippen LogP contribution in [-0.2, 0) is 41.9 Å². The zero-order chi connectivity index (χ0) is 20.3. The van der Waals surface area contributed by atoms with Crippen LogP contribution in [-0.4, -0.2) is 38.5 Å². The van der Waals surface area contributed by atoms with E-state index in [-0.39, 0.29) is 23.4 Å². The van der Waals surface area contributed by atoms with Crippen molar-refractivity contribution in [3.05, 3.63) is 65.9 Å². The zero-order valence-electron chi connectivity index (χ0n) is 15.4. The van der Waals surface area contributed by atoms with Crippen LogP contribution in [0.15, 0.2) is 59.5 Å². The quantitative estimate of drug-likeness (QED) is 0.589. The van der Waals surface area contributed by atoms with Gasteiger partial charge in [-0.25, -0.2) is 12.4 Å². The molecule has 0 radical (unpaired) electrons. The van der Waals surface area contributed by atoms with Gasteiger partial charge < -0.3 is 9.47 Å². The summed E-state index contributed by atoms with van der Waals surface area (Å²) in [5.41, 5.74) is 0.985. The van der Waals surface area contributed by atoms with E-state index in [4.69, 9.17) is 9.47 Å². The van der Waals surface area contributed by atoms with Crippen LogP contribution in [0.1, 0.15) is 11.3 Å². The van der Waals surface area contributed by atoms with Gasteiger partial charge in [0.15, 0.2) is 0 Å². The molecular weight excluding hydrogens is 382 g/mol. The first-order valence-electron chi connectivity index (χ1n) is 8.45. The van der Waals surface area contributed by atoms with Crippen molar-refractivity contribution >= 4 is 32.9 Å². The molecule has 0 spiro atoms. The highest BCUT2D eigenvalue weighted by Gasteiger charge is 2.29. The lowest BCUT2D eigenvalue weighted by molar-refractivity contribution is -0.141. The molecular formula is C20H19NO6S. The molecule has 1 aromatic heterocycles.